The predicted molar refractivity (Wildman–Crippen MR) is 80.6 cm³/mol. The van der Waals surface area contributed by atoms with E-state index < -0.39 is 0 Å². The number of carbonyl (C=O) groups is 1. The average molecular weight is 273 g/mol. The van der Waals surface area contributed by atoms with E-state index in [9.17, 15) is 4.79 Å². The summed E-state index contributed by atoms with van der Waals surface area (Å²) in [6.07, 6.45) is 8.02. The molecule has 0 saturated carbocycles. The Labute approximate surface area is 121 Å². The predicted octanol–water partition coefficient (Wildman–Crippen LogP) is 3.62. The van der Waals surface area contributed by atoms with Crippen LogP contribution < -0.4 is 10.1 Å². The highest BCUT2D eigenvalue weighted by Gasteiger charge is 2.17. The number of amides is 1. The number of hydrogen-bond acceptors (Lipinski definition) is 2. The van der Waals surface area contributed by atoms with E-state index in [0.29, 0.717) is 12.3 Å². The molecule has 1 amide bonds. The van der Waals surface area contributed by atoms with Crippen molar-refractivity contribution >= 4 is 5.91 Å². The van der Waals surface area contributed by atoms with Gasteiger partial charge in [-0.05, 0) is 42.9 Å². The molecule has 2 rings (SSSR count). The maximum atomic E-state index is 12.1. The monoisotopic (exact) mass is 273 g/mol. The van der Waals surface area contributed by atoms with Crippen LogP contribution in [0, 0.1) is 5.92 Å². The van der Waals surface area contributed by atoms with Gasteiger partial charge in [0.1, 0.15) is 5.75 Å². The smallest absolute Gasteiger partial charge is 0.221 e. The van der Waals surface area contributed by atoms with Gasteiger partial charge >= 0.3 is 0 Å². The van der Waals surface area contributed by atoms with Gasteiger partial charge in [-0.15, -0.1) is 0 Å². The van der Waals surface area contributed by atoms with Crippen molar-refractivity contribution in [3.8, 4) is 5.75 Å². The van der Waals surface area contributed by atoms with Crippen molar-refractivity contribution in [1.29, 1.82) is 0 Å². The largest absolute Gasteiger partial charge is 0.497 e. The Bertz CT molecular complexity index is 464. The molecule has 3 heteroatoms. The van der Waals surface area contributed by atoms with Gasteiger partial charge in [-0.25, -0.2) is 0 Å². The van der Waals surface area contributed by atoms with Crippen LogP contribution in [0.5, 0.6) is 5.75 Å². The Morgan fingerprint density at radius 2 is 2.15 bits per heavy atom. The topological polar surface area (TPSA) is 38.3 Å². The van der Waals surface area contributed by atoms with Crippen LogP contribution in [-0.2, 0) is 4.79 Å². The maximum absolute atomic E-state index is 12.1. The molecule has 108 valence electrons. The van der Waals surface area contributed by atoms with Crippen LogP contribution in [0.15, 0.2) is 36.4 Å². The highest BCUT2D eigenvalue weighted by atomic mass is 16.5. The van der Waals surface area contributed by atoms with Crippen LogP contribution in [0.25, 0.3) is 0 Å². The van der Waals surface area contributed by atoms with Gasteiger partial charge in [-0.3, -0.25) is 4.79 Å². The summed E-state index contributed by atoms with van der Waals surface area (Å²) in [5, 5.41) is 3.13. The fourth-order valence-corrected chi connectivity index (χ4v) is 2.61. The summed E-state index contributed by atoms with van der Waals surface area (Å²) in [5.74, 6) is 1.40. The van der Waals surface area contributed by atoms with Crippen LogP contribution in [0.4, 0.5) is 0 Å². The molecular weight excluding hydrogens is 250 g/mol. The van der Waals surface area contributed by atoms with E-state index in [1.54, 1.807) is 7.11 Å². The lowest BCUT2D eigenvalue weighted by atomic mass is 10.0. The quantitative estimate of drug-likeness (QED) is 0.804. The Balaban J connectivity index is 1.93. The fourth-order valence-electron chi connectivity index (χ4n) is 2.61. The van der Waals surface area contributed by atoms with E-state index in [-0.39, 0.29) is 11.9 Å². The average Bonchev–Trinajstić information content (AvgIpc) is 2.97. The van der Waals surface area contributed by atoms with Crippen LogP contribution in [0.1, 0.15) is 44.2 Å². The van der Waals surface area contributed by atoms with Gasteiger partial charge in [0.2, 0.25) is 5.91 Å². The molecule has 1 N–H and O–H groups in total. The van der Waals surface area contributed by atoms with E-state index in [1.165, 1.54) is 0 Å². The second kappa shape index (κ2) is 7.13. The van der Waals surface area contributed by atoms with Gasteiger partial charge in [-0.2, -0.15) is 0 Å². The molecule has 0 heterocycles. The third-order valence-electron chi connectivity index (χ3n) is 3.82. The summed E-state index contributed by atoms with van der Waals surface area (Å²) in [6.45, 7) is 2.09. The zero-order valence-electron chi connectivity index (χ0n) is 12.3. The molecule has 1 aromatic rings. The fraction of sp³-hybridized carbons (Fsp3) is 0.471. The molecule has 0 aliphatic heterocycles. The van der Waals surface area contributed by atoms with E-state index in [4.69, 9.17) is 4.74 Å². The van der Waals surface area contributed by atoms with Crippen molar-refractivity contribution in [2.75, 3.05) is 7.11 Å². The molecule has 0 saturated heterocycles. The molecule has 1 aliphatic carbocycles. The summed E-state index contributed by atoms with van der Waals surface area (Å²) in [6, 6.07) is 7.98. The van der Waals surface area contributed by atoms with Gasteiger partial charge in [-0.1, -0.05) is 31.2 Å². The van der Waals surface area contributed by atoms with Gasteiger partial charge in [0.25, 0.3) is 0 Å². The van der Waals surface area contributed by atoms with Crippen LogP contribution in [0.2, 0.25) is 0 Å². The molecular formula is C17H23NO2. The molecule has 0 fully saturated rings. The number of benzene rings is 1. The Morgan fingerprint density at radius 1 is 1.40 bits per heavy atom. The minimum Gasteiger partial charge on any atom is -0.497 e. The van der Waals surface area contributed by atoms with Crippen molar-refractivity contribution in [3.63, 3.8) is 0 Å². The number of methoxy groups -OCH3 is 1. The van der Waals surface area contributed by atoms with Crippen LogP contribution in [0.3, 0.4) is 0 Å². The Morgan fingerprint density at radius 3 is 2.70 bits per heavy atom. The van der Waals surface area contributed by atoms with Gasteiger partial charge in [0.05, 0.1) is 13.2 Å². The number of allylic oxidation sites excluding steroid dienone is 2. The number of nitrogens with one attached hydrogen (secondary N) is 1. The number of carbonyl (C=O) groups excluding carboxylic acids is 1. The van der Waals surface area contributed by atoms with Crippen LogP contribution in [-0.4, -0.2) is 13.0 Å². The minimum atomic E-state index is 0.0822. The summed E-state index contributed by atoms with van der Waals surface area (Å²) >= 11 is 0. The Hall–Kier alpha value is -1.77. The SMILES string of the molecule is CCC(NC(=O)CC1C=CCC1)c1ccc(OC)cc1. The Kier molecular flexibility index (Phi) is 5.22. The third kappa shape index (κ3) is 3.86. The van der Waals surface area contributed by atoms with Crippen molar-refractivity contribution < 1.29 is 9.53 Å². The third-order valence-corrected chi connectivity index (χ3v) is 3.82. The standard InChI is InChI=1S/C17H23NO2/c1-3-16(14-8-10-15(20-2)11-9-14)18-17(19)12-13-6-4-5-7-13/h4,6,8-11,13,16H,3,5,7,12H2,1-2H3,(H,18,19). The van der Waals surface area contributed by atoms with Gasteiger partial charge in [0, 0.05) is 6.42 Å². The number of rotatable bonds is 6. The number of hydrogen-bond donors (Lipinski definition) is 1. The van der Waals surface area contributed by atoms with E-state index in [1.807, 2.05) is 24.3 Å². The van der Waals surface area contributed by atoms with E-state index in [0.717, 1.165) is 30.6 Å². The number of ether oxygens (including phenoxy) is 1. The molecule has 2 unspecified atom stereocenters. The molecule has 1 aliphatic rings. The normalized spacial score (nSPS) is 18.8. The molecule has 0 aromatic heterocycles. The summed E-state index contributed by atoms with van der Waals surface area (Å²) in [5.41, 5.74) is 1.13. The highest BCUT2D eigenvalue weighted by Crippen LogP contribution is 2.23. The molecule has 1 aromatic carbocycles. The molecule has 0 spiro atoms. The second-order valence-corrected chi connectivity index (χ2v) is 5.27. The second-order valence-electron chi connectivity index (χ2n) is 5.27. The van der Waals surface area contributed by atoms with Crippen molar-refractivity contribution in [2.45, 2.75) is 38.6 Å². The first-order valence-corrected chi connectivity index (χ1v) is 7.33. The van der Waals surface area contributed by atoms with Crippen molar-refractivity contribution in [2.24, 2.45) is 5.92 Å². The van der Waals surface area contributed by atoms with Gasteiger partial charge in [0.15, 0.2) is 0 Å². The van der Waals surface area contributed by atoms with Crippen LogP contribution >= 0.6 is 0 Å². The summed E-state index contributed by atoms with van der Waals surface area (Å²) in [7, 11) is 1.66. The van der Waals surface area contributed by atoms with Crippen molar-refractivity contribution in [3.05, 3.63) is 42.0 Å². The first-order valence-electron chi connectivity index (χ1n) is 7.33. The lowest BCUT2D eigenvalue weighted by Crippen LogP contribution is -2.29. The van der Waals surface area contributed by atoms with E-state index >= 15 is 0 Å². The zero-order valence-corrected chi connectivity index (χ0v) is 12.3. The maximum Gasteiger partial charge on any atom is 0.221 e. The first-order chi connectivity index (χ1) is 9.72. The molecule has 3 nitrogen and oxygen atoms in total. The van der Waals surface area contributed by atoms with Crippen molar-refractivity contribution in [1.82, 2.24) is 5.32 Å². The molecule has 20 heavy (non-hydrogen) atoms. The zero-order chi connectivity index (χ0) is 14.4. The minimum absolute atomic E-state index is 0.0822. The first kappa shape index (κ1) is 14.6. The highest BCUT2D eigenvalue weighted by molar-refractivity contribution is 5.77. The summed E-state index contributed by atoms with van der Waals surface area (Å²) in [4.78, 5) is 12.1. The van der Waals surface area contributed by atoms with E-state index in [2.05, 4.69) is 24.4 Å². The lowest BCUT2D eigenvalue weighted by molar-refractivity contribution is -0.122. The molecule has 0 radical (unpaired) electrons. The van der Waals surface area contributed by atoms with Gasteiger partial charge < -0.3 is 10.1 Å². The molecule has 0 bridgehead atoms. The lowest BCUT2D eigenvalue weighted by Gasteiger charge is -2.19. The summed E-state index contributed by atoms with van der Waals surface area (Å²) < 4.78 is 5.16. The molecule has 2 atom stereocenters.